The van der Waals surface area contributed by atoms with Crippen LogP contribution in [0.1, 0.15) is 203 Å². The highest BCUT2D eigenvalue weighted by Crippen LogP contribution is 2.30. The molecule has 1 aliphatic carbocycles. The predicted octanol–water partition coefficient (Wildman–Crippen LogP) is 18.4. The molecule has 0 radical (unpaired) electrons. The monoisotopic (exact) mass is 1020 g/mol. The van der Waals surface area contributed by atoms with Gasteiger partial charge in [0.15, 0.2) is 0 Å². The number of Topliss-reactive ketones (excluding diaryl/α,β-unsaturated/α-hetero) is 2. The molecule has 74 heavy (non-hydrogen) atoms. The van der Waals surface area contributed by atoms with Crippen LogP contribution < -0.4 is 0 Å². The lowest BCUT2D eigenvalue weighted by Crippen LogP contribution is -2.36. The highest BCUT2D eigenvalue weighted by molar-refractivity contribution is 5.96. The van der Waals surface area contributed by atoms with E-state index in [4.69, 9.17) is 0 Å². The van der Waals surface area contributed by atoms with Gasteiger partial charge in [-0.3, -0.25) is 9.59 Å². The van der Waals surface area contributed by atoms with Crippen LogP contribution in [0.4, 0.5) is 0 Å². The zero-order chi connectivity index (χ0) is 54.0. The molecule has 1 rings (SSSR count). The maximum Gasteiger partial charge on any atom is 0.137 e. The number of allylic oxidation sites excluding steroid dienone is 23. The van der Waals surface area contributed by atoms with Gasteiger partial charge in [0.2, 0.25) is 0 Å². The summed E-state index contributed by atoms with van der Waals surface area (Å²) in [4.78, 5) is 32.2. The van der Waals surface area contributed by atoms with Gasteiger partial charge in [-0.2, -0.15) is 0 Å². The smallest absolute Gasteiger partial charge is 0.137 e. The van der Waals surface area contributed by atoms with Crippen molar-refractivity contribution in [2.24, 2.45) is 29.6 Å². The molecule has 0 aromatic rings. The normalized spacial score (nSPS) is 18.3. The molecule has 1 N–H and O–H groups in total. The molecular formula is C69H112N2O3. The SMILES string of the molecule is CC/C=C\C/C=C\C/C=C\CC(C)CN(CCCCC1CC(=O)C(CCCCN(CC(C)C/C=C\C/C=C\C/C=C\CC)CC(O)C/C=C\C/C=C\C/C=C\CC)CC1=O)CC(C)C/C=C\C/C=C\C/C=C\CC. The van der Waals surface area contributed by atoms with Crippen molar-refractivity contribution < 1.29 is 14.7 Å². The molecule has 0 aromatic heterocycles. The lowest BCUT2D eigenvalue weighted by Gasteiger charge is -2.29. The Morgan fingerprint density at radius 1 is 0.378 bits per heavy atom. The first-order valence-electron chi connectivity index (χ1n) is 30.1. The molecule has 0 bridgehead atoms. The van der Waals surface area contributed by atoms with Crippen LogP contribution in [0, 0.1) is 29.6 Å². The summed E-state index contributed by atoms with van der Waals surface area (Å²) in [5, 5.41) is 11.1. The minimum Gasteiger partial charge on any atom is -0.391 e. The quantitative estimate of drug-likeness (QED) is 0.0486. The molecule has 1 saturated carbocycles. The van der Waals surface area contributed by atoms with Crippen molar-refractivity contribution in [1.29, 1.82) is 0 Å². The van der Waals surface area contributed by atoms with Crippen molar-refractivity contribution >= 4 is 11.6 Å². The van der Waals surface area contributed by atoms with Gasteiger partial charge in [-0.1, -0.05) is 207 Å². The molecule has 0 heterocycles. The van der Waals surface area contributed by atoms with Crippen LogP contribution in [0.25, 0.3) is 0 Å². The molecule has 6 atom stereocenters. The van der Waals surface area contributed by atoms with Crippen LogP contribution in [0.15, 0.2) is 146 Å². The van der Waals surface area contributed by atoms with E-state index in [1.54, 1.807) is 0 Å². The van der Waals surface area contributed by atoms with Crippen LogP contribution >= 0.6 is 0 Å². The van der Waals surface area contributed by atoms with E-state index in [9.17, 15) is 14.7 Å². The van der Waals surface area contributed by atoms with Gasteiger partial charge in [0.1, 0.15) is 11.6 Å². The van der Waals surface area contributed by atoms with Crippen molar-refractivity contribution in [2.45, 2.75) is 209 Å². The van der Waals surface area contributed by atoms with Crippen LogP contribution in [0.2, 0.25) is 0 Å². The average molecular weight is 1020 g/mol. The first-order chi connectivity index (χ1) is 36.1. The Labute approximate surface area is 457 Å². The van der Waals surface area contributed by atoms with E-state index in [1.807, 2.05) is 0 Å². The molecule has 5 heteroatoms. The second kappa shape index (κ2) is 49.9. The zero-order valence-corrected chi connectivity index (χ0v) is 48.7. The third kappa shape index (κ3) is 41.4. The molecular weight excluding hydrogens is 905 g/mol. The number of hydrogen-bond donors (Lipinski definition) is 1. The summed E-state index contributed by atoms with van der Waals surface area (Å²) < 4.78 is 0. The van der Waals surface area contributed by atoms with E-state index < -0.39 is 6.10 Å². The van der Waals surface area contributed by atoms with Gasteiger partial charge in [0.05, 0.1) is 6.10 Å². The predicted molar refractivity (Wildman–Crippen MR) is 327 cm³/mol. The van der Waals surface area contributed by atoms with E-state index in [0.717, 1.165) is 168 Å². The summed E-state index contributed by atoms with van der Waals surface area (Å²) in [5.41, 5.74) is 0. The fraction of sp³-hybridized carbons (Fsp3) is 0.623. The third-order valence-corrected chi connectivity index (χ3v) is 13.7. The second-order valence-corrected chi connectivity index (χ2v) is 21.3. The number of aliphatic hydroxyl groups excluding tert-OH is 1. The fourth-order valence-corrected chi connectivity index (χ4v) is 9.53. The van der Waals surface area contributed by atoms with Gasteiger partial charge in [0, 0.05) is 50.9 Å². The van der Waals surface area contributed by atoms with Gasteiger partial charge in [0.25, 0.3) is 0 Å². The molecule has 0 aromatic carbocycles. The standard InChI is InChI=1S/C69H112N2O3/c1-8-12-16-20-24-28-32-36-40-48-62(5)58-70(59-63(6)49-41-37-33-29-25-21-17-13-9-2)54-46-44-51-65-56-69(74)66(57-68(65)73)52-45-47-55-71(60-64(7)50-42-38-34-30-26-22-18-14-10-3)61-67(72)53-43-39-35-31-27-23-19-15-11-4/h12-19,24-31,36-43,62-67,72H,8-11,20-23,32-35,44-61H2,1-7H3/b16-12-,17-13-,18-14-,19-15-,28-24-,29-25-,30-26-,31-27-,40-36-,41-37-,42-38-,43-39-. The summed E-state index contributed by atoms with van der Waals surface area (Å²) in [6.07, 6.45) is 75.7. The Hall–Kier alpha value is -3.90. The van der Waals surface area contributed by atoms with Crippen LogP contribution in [0.5, 0.6) is 0 Å². The molecule has 5 nitrogen and oxygen atoms in total. The van der Waals surface area contributed by atoms with E-state index in [-0.39, 0.29) is 11.8 Å². The van der Waals surface area contributed by atoms with Crippen molar-refractivity contribution in [3.05, 3.63) is 146 Å². The van der Waals surface area contributed by atoms with Gasteiger partial charge < -0.3 is 14.9 Å². The fourth-order valence-electron chi connectivity index (χ4n) is 9.53. The van der Waals surface area contributed by atoms with Crippen LogP contribution in [-0.4, -0.2) is 71.8 Å². The maximum atomic E-state index is 13.5. The second-order valence-electron chi connectivity index (χ2n) is 21.3. The number of carbonyl (C=O) groups is 2. The molecule has 416 valence electrons. The van der Waals surface area contributed by atoms with E-state index in [2.05, 4.69) is 204 Å². The Morgan fingerprint density at radius 2 is 0.635 bits per heavy atom. The summed E-state index contributed by atoms with van der Waals surface area (Å²) in [5.74, 6) is 1.95. The van der Waals surface area contributed by atoms with E-state index in [0.29, 0.717) is 55.1 Å². The van der Waals surface area contributed by atoms with Crippen molar-refractivity contribution in [1.82, 2.24) is 9.80 Å². The molecule has 6 unspecified atom stereocenters. The number of hydrogen-bond acceptors (Lipinski definition) is 5. The Kier molecular flexibility index (Phi) is 46.0. The number of carbonyl (C=O) groups excluding carboxylic acids is 2. The van der Waals surface area contributed by atoms with Crippen LogP contribution in [0.3, 0.4) is 0 Å². The molecule has 0 amide bonds. The Balaban J connectivity index is 2.75. The van der Waals surface area contributed by atoms with Gasteiger partial charge >= 0.3 is 0 Å². The first-order valence-corrected chi connectivity index (χ1v) is 30.1. The number of rotatable bonds is 46. The summed E-state index contributed by atoms with van der Waals surface area (Å²) >= 11 is 0. The van der Waals surface area contributed by atoms with Gasteiger partial charge in [-0.25, -0.2) is 0 Å². The first kappa shape index (κ1) is 68.1. The van der Waals surface area contributed by atoms with Gasteiger partial charge in [-0.15, -0.1) is 0 Å². The number of aliphatic hydroxyl groups is 1. The van der Waals surface area contributed by atoms with Crippen molar-refractivity contribution in [2.75, 3.05) is 39.3 Å². The number of ketones is 2. The summed E-state index contributed by atoms with van der Waals surface area (Å²) in [6, 6.07) is 0. The lowest BCUT2D eigenvalue weighted by molar-refractivity contribution is -0.137. The molecule has 0 aliphatic heterocycles. The minimum atomic E-state index is -0.423. The van der Waals surface area contributed by atoms with E-state index in [1.165, 1.54) is 0 Å². The molecule has 1 aliphatic rings. The maximum absolute atomic E-state index is 13.5. The zero-order valence-electron chi connectivity index (χ0n) is 48.7. The van der Waals surface area contributed by atoms with Crippen molar-refractivity contribution in [3.63, 3.8) is 0 Å². The third-order valence-electron chi connectivity index (χ3n) is 13.7. The average Bonchev–Trinajstić information content (AvgIpc) is 3.37. The number of nitrogens with zero attached hydrogens (tertiary/aromatic N) is 2. The largest absolute Gasteiger partial charge is 0.391 e. The Morgan fingerprint density at radius 3 is 0.932 bits per heavy atom. The Bertz CT molecular complexity index is 1510. The minimum absolute atomic E-state index is 0.117. The topological polar surface area (TPSA) is 60.9 Å². The van der Waals surface area contributed by atoms with Crippen molar-refractivity contribution in [3.8, 4) is 0 Å². The lowest BCUT2D eigenvalue weighted by atomic mass is 9.76. The molecule has 0 saturated heterocycles. The molecule has 0 spiro atoms. The highest BCUT2D eigenvalue weighted by atomic mass is 16.3. The van der Waals surface area contributed by atoms with Crippen LogP contribution in [-0.2, 0) is 9.59 Å². The summed E-state index contributed by atoms with van der Waals surface area (Å²) in [6.45, 7) is 21.4. The van der Waals surface area contributed by atoms with E-state index >= 15 is 0 Å². The summed E-state index contributed by atoms with van der Waals surface area (Å²) in [7, 11) is 0. The number of unbranched alkanes of at least 4 members (excludes halogenated alkanes) is 2. The highest BCUT2D eigenvalue weighted by Gasteiger charge is 2.34. The molecule has 1 fully saturated rings. The van der Waals surface area contributed by atoms with Gasteiger partial charge in [-0.05, 0) is 159 Å².